The third-order valence-electron chi connectivity index (χ3n) is 5.90. The molecule has 3 aromatic rings. The second kappa shape index (κ2) is 11.2. The SMILES string of the molecule is Cc1ccc(C(=O)OC[C@H]2OC(OC(=O)c3ccc(C)cc3)C[C@@H]2OC(=O)c2ccc(C)cc2)cc1. The van der Waals surface area contributed by atoms with Crippen LogP contribution >= 0.6 is 0 Å². The van der Waals surface area contributed by atoms with E-state index in [0.717, 1.165) is 16.7 Å². The lowest BCUT2D eigenvalue weighted by Crippen LogP contribution is -2.32. The van der Waals surface area contributed by atoms with Gasteiger partial charge in [-0.15, -0.1) is 0 Å². The molecule has 1 unspecified atom stereocenters. The zero-order valence-electron chi connectivity index (χ0n) is 20.4. The minimum absolute atomic E-state index is 0.113. The van der Waals surface area contributed by atoms with Gasteiger partial charge in [-0.05, 0) is 57.2 Å². The minimum atomic E-state index is -0.960. The molecule has 3 aromatic carbocycles. The summed E-state index contributed by atoms with van der Waals surface area (Å²) in [5.41, 5.74) is 4.21. The summed E-state index contributed by atoms with van der Waals surface area (Å²) in [5.74, 6) is -1.62. The summed E-state index contributed by atoms with van der Waals surface area (Å²) in [6, 6.07) is 20.9. The van der Waals surface area contributed by atoms with Gasteiger partial charge < -0.3 is 18.9 Å². The predicted octanol–water partition coefficient (Wildman–Crippen LogP) is 4.97. The maximum absolute atomic E-state index is 12.7. The van der Waals surface area contributed by atoms with Gasteiger partial charge in [0.25, 0.3) is 0 Å². The van der Waals surface area contributed by atoms with E-state index >= 15 is 0 Å². The lowest BCUT2D eigenvalue weighted by atomic mass is 10.1. The molecule has 0 radical (unpaired) electrons. The van der Waals surface area contributed by atoms with E-state index in [2.05, 4.69) is 0 Å². The molecule has 36 heavy (non-hydrogen) atoms. The lowest BCUT2D eigenvalue weighted by molar-refractivity contribution is -0.117. The van der Waals surface area contributed by atoms with Gasteiger partial charge in [0.2, 0.25) is 6.29 Å². The summed E-state index contributed by atoms with van der Waals surface area (Å²) in [4.78, 5) is 37.8. The van der Waals surface area contributed by atoms with Crippen molar-refractivity contribution in [2.75, 3.05) is 6.61 Å². The minimum Gasteiger partial charge on any atom is -0.459 e. The highest BCUT2D eigenvalue weighted by Crippen LogP contribution is 2.27. The first-order chi connectivity index (χ1) is 17.3. The fourth-order valence-electron chi connectivity index (χ4n) is 3.73. The molecule has 1 fully saturated rings. The molecule has 0 aliphatic carbocycles. The summed E-state index contributed by atoms with van der Waals surface area (Å²) in [6.07, 6.45) is -2.43. The van der Waals surface area contributed by atoms with Crippen molar-refractivity contribution in [3.8, 4) is 0 Å². The maximum atomic E-state index is 12.7. The molecule has 0 aromatic heterocycles. The van der Waals surface area contributed by atoms with Crippen LogP contribution in [-0.4, -0.2) is 43.0 Å². The Kier molecular flexibility index (Phi) is 7.80. The molecule has 0 saturated carbocycles. The largest absolute Gasteiger partial charge is 0.459 e. The number of esters is 3. The molecule has 0 spiro atoms. The van der Waals surface area contributed by atoms with Crippen LogP contribution in [0.3, 0.4) is 0 Å². The molecule has 1 saturated heterocycles. The van der Waals surface area contributed by atoms with Crippen molar-refractivity contribution in [3.63, 3.8) is 0 Å². The first-order valence-electron chi connectivity index (χ1n) is 11.7. The molecule has 3 atom stereocenters. The molecule has 1 aliphatic heterocycles. The van der Waals surface area contributed by atoms with Gasteiger partial charge in [-0.1, -0.05) is 53.1 Å². The first kappa shape index (κ1) is 25.1. The van der Waals surface area contributed by atoms with E-state index in [1.54, 1.807) is 36.4 Å². The van der Waals surface area contributed by atoms with Gasteiger partial charge in [-0.2, -0.15) is 0 Å². The van der Waals surface area contributed by atoms with E-state index in [0.29, 0.717) is 16.7 Å². The molecule has 1 heterocycles. The Morgan fingerprint density at radius 2 is 1.08 bits per heavy atom. The topological polar surface area (TPSA) is 88.1 Å². The average Bonchev–Trinajstić information content (AvgIpc) is 3.24. The van der Waals surface area contributed by atoms with Gasteiger partial charge in [0.1, 0.15) is 18.8 Å². The predicted molar refractivity (Wildman–Crippen MR) is 132 cm³/mol. The normalized spacial score (nSPS) is 18.9. The van der Waals surface area contributed by atoms with Crippen LogP contribution in [0.4, 0.5) is 0 Å². The molecular formula is C29H28O7. The Hall–Kier alpha value is -3.97. The average molecular weight is 489 g/mol. The fraction of sp³-hybridized carbons (Fsp3) is 0.276. The zero-order chi connectivity index (χ0) is 25.7. The number of ether oxygens (including phenoxy) is 4. The Labute approximate surface area is 209 Å². The second-order valence-electron chi connectivity index (χ2n) is 8.89. The van der Waals surface area contributed by atoms with Crippen molar-refractivity contribution in [2.24, 2.45) is 0 Å². The summed E-state index contributed by atoms with van der Waals surface area (Å²) >= 11 is 0. The maximum Gasteiger partial charge on any atom is 0.340 e. The third-order valence-corrected chi connectivity index (χ3v) is 5.90. The molecule has 1 aliphatic rings. The van der Waals surface area contributed by atoms with Gasteiger partial charge in [0, 0.05) is 0 Å². The van der Waals surface area contributed by atoms with Crippen molar-refractivity contribution >= 4 is 17.9 Å². The zero-order valence-corrected chi connectivity index (χ0v) is 20.4. The quantitative estimate of drug-likeness (QED) is 0.343. The summed E-state index contributed by atoms with van der Waals surface area (Å²) < 4.78 is 22.5. The van der Waals surface area contributed by atoms with Crippen molar-refractivity contribution in [1.29, 1.82) is 0 Å². The van der Waals surface area contributed by atoms with Crippen LogP contribution in [0.2, 0.25) is 0 Å². The number of hydrogen-bond acceptors (Lipinski definition) is 7. The molecule has 0 bridgehead atoms. The van der Waals surface area contributed by atoms with Crippen LogP contribution in [0, 0.1) is 20.8 Å². The summed E-state index contributed by atoms with van der Waals surface area (Å²) in [6.45, 7) is 5.60. The van der Waals surface area contributed by atoms with E-state index in [9.17, 15) is 14.4 Å². The number of carbonyl (C=O) groups is 3. The van der Waals surface area contributed by atoms with E-state index in [1.807, 2.05) is 57.2 Å². The van der Waals surface area contributed by atoms with Crippen molar-refractivity contribution in [1.82, 2.24) is 0 Å². The van der Waals surface area contributed by atoms with E-state index in [-0.39, 0.29) is 13.0 Å². The van der Waals surface area contributed by atoms with Crippen molar-refractivity contribution in [2.45, 2.75) is 45.7 Å². The van der Waals surface area contributed by atoms with Gasteiger partial charge >= 0.3 is 17.9 Å². The van der Waals surface area contributed by atoms with E-state index in [1.165, 1.54) is 0 Å². The van der Waals surface area contributed by atoms with Crippen LogP contribution in [0.1, 0.15) is 54.2 Å². The highest BCUT2D eigenvalue weighted by molar-refractivity contribution is 5.90. The Balaban J connectivity index is 1.43. The fourth-order valence-corrected chi connectivity index (χ4v) is 3.73. The highest BCUT2D eigenvalue weighted by atomic mass is 16.7. The number of hydrogen-bond donors (Lipinski definition) is 0. The van der Waals surface area contributed by atoms with Gasteiger partial charge in [0.05, 0.1) is 23.1 Å². The number of carbonyl (C=O) groups excluding carboxylic acids is 3. The monoisotopic (exact) mass is 488 g/mol. The number of rotatable bonds is 7. The lowest BCUT2D eigenvalue weighted by Gasteiger charge is -2.18. The van der Waals surface area contributed by atoms with Crippen molar-refractivity contribution < 1.29 is 33.3 Å². The Bertz CT molecular complexity index is 1210. The first-order valence-corrected chi connectivity index (χ1v) is 11.7. The molecule has 186 valence electrons. The molecule has 7 heteroatoms. The van der Waals surface area contributed by atoms with Gasteiger partial charge in [0.15, 0.2) is 0 Å². The molecule has 0 N–H and O–H groups in total. The van der Waals surface area contributed by atoms with E-state index < -0.39 is 36.4 Å². The smallest absolute Gasteiger partial charge is 0.340 e. The van der Waals surface area contributed by atoms with Crippen LogP contribution in [0.25, 0.3) is 0 Å². The van der Waals surface area contributed by atoms with Gasteiger partial charge in [-0.3, -0.25) is 0 Å². The highest BCUT2D eigenvalue weighted by Gasteiger charge is 2.41. The third kappa shape index (κ3) is 6.37. The van der Waals surface area contributed by atoms with Crippen molar-refractivity contribution in [3.05, 3.63) is 106 Å². The van der Waals surface area contributed by atoms with Crippen LogP contribution < -0.4 is 0 Å². The summed E-state index contributed by atoms with van der Waals surface area (Å²) in [7, 11) is 0. The standard InChI is InChI=1S/C29H28O7/c1-18-4-10-21(11-5-18)27(30)33-17-25-24(35-28(31)22-12-6-19(2)7-13-22)16-26(34-25)36-29(32)23-14-8-20(3)9-15-23/h4-15,24-26H,16-17H2,1-3H3/t24-,25+,26?/m0/s1. The second-order valence-corrected chi connectivity index (χ2v) is 8.89. The molecular weight excluding hydrogens is 460 g/mol. The molecule has 4 rings (SSSR count). The van der Waals surface area contributed by atoms with E-state index in [4.69, 9.17) is 18.9 Å². The van der Waals surface area contributed by atoms with Gasteiger partial charge in [-0.25, -0.2) is 14.4 Å². The molecule has 7 nitrogen and oxygen atoms in total. The van der Waals surface area contributed by atoms with Crippen LogP contribution in [-0.2, 0) is 18.9 Å². The van der Waals surface area contributed by atoms with Crippen LogP contribution in [0.15, 0.2) is 72.8 Å². The summed E-state index contributed by atoms with van der Waals surface area (Å²) in [5, 5.41) is 0. The molecule has 0 amide bonds. The van der Waals surface area contributed by atoms with Crippen LogP contribution in [0.5, 0.6) is 0 Å². The number of benzene rings is 3. The number of aryl methyl sites for hydroxylation is 3. The Morgan fingerprint density at radius 3 is 1.56 bits per heavy atom. The Morgan fingerprint density at radius 1 is 0.667 bits per heavy atom.